The number of aromatic nitrogens is 1. The molecule has 4 heteroatoms. The highest BCUT2D eigenvalue weighted by molar-refractivity contribution is 5.75. The van der Waals surface area contributed by atoms with Crippen molar-refractivity contribution in [2.75, 3.05) is 6.54 Å². The van der Waals surface area contributed by atoms with E-state index in [0.717, 1.165) is 18.0 Å². The van der Waals surface area contributed by atoms with Gasteiger partial charge in [0.15, 0.2) is 0 Å². The number of hydrogen-bond donors (Lipinski definition) is 1. The van der Waals surface area contributed by atoms with Gasteiger partial charge in [0.05, 0.1) is 6.04 Å². The number of carbonyl (C=O) groups excluding carboxylic acids is 1. The van der Waals surface area contributed by atoms with Crippen molar-refractivity contribution in [2.24, 2.45) is 5.92 Å². The zero-order valence-electron chi connectivity index (χ0n) is 13.5. The Balaban J connectivity index is 1.63. The van der Waals surface area contributed by atoms with E-state index >= 15 is 0 Å². The molecule has 1 atom stereocenters. The van der Waals surface area contributed by atoms with Gasteiger partial charge in [-0.2, -0.15) is 0 Å². The Morgan fingerprint density at radius 3 is 2.73 bits per heavy atom. The van der Waals surface area contributed by atoms with Crippen molar-refractivity contribution in [2.45, 2.75) is 64.0 Å². The van der Waals surface area contributed by atoms with Crippen LogP contribution in [-0.4, -0.2) is 28.5 Å². The molecule has 0 aliphatic heterocycles. The van der Waals surface area contributed by atoms with Gasteiger partial charge in [0.2, 0.25) is 0 Å². The van der Waals surface area contributed by atoms with Gasteiger partial charge in [-0.05, 0) is 50.2 Å². The summed E-state index contributed by atoms with van der Waals surface area (Å²) in [6.45, 7) is 2.97. The molecule has 1 aromatic heterocycles. The monoisotopic (exact) mass is 301 g/mol. The molecule has 1 heterocycles. The number of pyridine rings is 1. The Bertz CT molecular complexity index is 480. The fourth-order valence-corrected chi connectivity index (χ4v) is 3.35. The van der Waals surface area contributed by atoms with Crippen molar-refractivity contribution >= 4 is 6.03 Å². The standard InChI is InChI=1S/C18H27N3O/c1-14(16-6-5-11-19-12-16)20-18(22)21(13-15-9-10-15)17-7-3-2-4-8-17/h5-6,11-12,14-15,17H,2-4,7-10,13H2,1H3,(H,20,22). The van der Waals surface area contributed by atoms with Gasteiger partial charge >= 0.3 is 6.03 Å². The van der Waals surface area contributed by atoms with Gasteiger partial charge in [-0.15, -0.1) is 0 Å². The number of nitrogens with one attached hydrogen (secondary N) is 1. The normalized spacial score (nSPS) is 20.4. The first kappa shape index (κ1) is 15.3. The highest BCUT2D eigenvalue weighted by Gasteiger charge is 2.32. The number of urea groups is 1. The maximum Gasteiger partial charge on any atom is 0.318 e. The smallest absolute Gasteiger partial charge is 0.318 e. The molecule has 0 aromatic carbocycles. The first-order valence-corrected chi connectivity index (χ1v) is 8.71. The van der Waals surface area contributed by atoms with Crippen LogP contribution in [-0.2, 0) is 0 Å². The minimum Gasteiger partial charge on any atom is -0.331 e. The Hall–Kier alpha value is -1.58. The van der Waals surface area contributed by atoms with Gasteiger partial charge in [0.25, 0.3) is 0 Å². The van der Waals surface area contributed by atoms with E-state index in [1.807, 2.05) is 25.3 Å². The summed E-state index contributed by atoms with van der Waals surface area (Å²) in [5.74, 6) is 0.737. The molecule has 1 unspecified atom stereocenters. The van der Waals surface area contributed by atoms with Crippen molar-refractivity contribution in [3.8, 4) is 0 Å². The van der Waals surface area contributed by atoms with Gasteiger partial charge in [-0.25, -0.2) is 4.79 Å². The number of carbonyl (C=O) groups is 1. The molecule has 1 N–H and O–H groups in total. The van der Waals surface area contributed by atoms with Crippen LogP contribution in [0.4, 0.5) is 4.79 Å². The molecule has 3 rings (SSSR count). The number of hydrogen-bond acceptors (Lipinski definition) is 2. The van der Waals surface area contributed by atoms with Gasteiger partial charge in [-0.1, -0.05) is 25.3 Å². The summed E-state index contributed by atoms with van der Waals surface area (Å²) in [4.78, 5) is 19.1. The Morgan fingerprint density at radius 2 is 2.09 bits per heavy atom. The van der Waals surface area contributed by atoms with Crippen molar-refractivity contribution < 1.29 is 4.79 Å². The molecule has 120 valence electrons. The second-order valence-corrected chi connectivity index (χ2v) is 6.85. The summed E-state index contributed by atoms with van der Waals surface area (Å²) in [6.07, 6.45) is 12.3. The number of rotatable bonds is 5. The Morgan fingerprint density at radius 1 is 1.32 bits per heavy atom. The maximum absolute atomic E-state index is 12.8. The Labute approximate surface area is 133 Å². The average molecular weight is 301 g/mol. The fourth-order valence-electron chi connectivity index (χ4n) is 3.35. The zero-order valence-corrected chi connectivity index (χ0v) is 13.5. The van der Waals surface area contributed by atoms with E-state index in [9.17, 15) is 4.79 Å². The van der Waals surface area contributed by atoms with E-state index < -0.39 is 0 Å². The van der Waals surface area contributed by atoms with Crippen LogP contribution in [0.5, 0.6) is 0 Å². The lowest BCUT2D eigenvalue weighted by Gasteiger charge is -2.35. The van der Waals surface area contributed by atoms with Crippen molar-refractivity contribution in [3.63, 3.8) is 0 Å². The van der Waals surface area contributed by atoms with Crippen LogP contribution in [0, 0.1) is 5.92 Å². The number of nitrogens with zero attached hydrogens (tertiary/aromatic N) is 2. The van der Waals surface area contributed by atoms with E-state index in [1.165, 1.54) is 44.9 Å². The van der Waals surface area contributed by atoms with Crippen LogP contribution in [0.2, 0.25) is 0 Å². The quantitative estimate of drug-likeness (QED) is 0.896. The molecule has 0 saturated heterocycles. The average Bonchev–Trinajstić information content (AvgIpc) is 3.38. The molecule has 0 bridgehead atoms. The van der Waals surface area contributed by atoms with Gasteiger partial charge < -0.3 is 10.2 Å². The van der Waals surface area contributed by atoms with Crippen LogP contribution in [0.1, 0.15) is 63.5 Å². The summed E-state index contributed by atoms with van der Waals surface area (Å²) in [5, 5.41) is 3.17. The molecular formula is C18H27N3O. The molecule has 2 amide bonds. The third-order valence-electron chi connectivity index (χ3n) is 4.95. The van der Waals surface area contributed by atoms with Gasteiger partial charge in [0, 0.05) is 25.0 Å². The summed E-state index contributed by atoms with van der Waals surface area (Å²) < 4.78 is 0. The lowest BCUT2D eigenvalue weighted by atomic mass is 9.94. The predicted octanol–water partition coefficient (Wildman–Crippen LogP) is 3.90. The van der Waals surface area contributed by atoms with Crippen LogP contribution in [0.25, 0.3) is 0 Å². The largest absolute Gasteiger partial charge is 0.331 e. The van der Waals surface area contributed by atoms with Crippen molar-refractivity contribution in [1.29, 1.82) is 0 Å². The van der Waals surface area contributed by atoms with E-state index in [-0.39, 0.29) is 12.1 Å². The lowest BCUT2D eigenvalue weighted by molar-refractivity contribution is 0.149. The third kappa shape index (κ3) is 3.99. The van der Waals surface area contributed by atoms with Crippen LogP contribution >= 0.6 is 0 Å². The van der Waals surface area contributed by atoms with Gasteiger partial charge in [-0.3, -0.25) is 4.98 Å². The van der Waals surface area contributed by atoms with Crippen LogP contribution in [0.3, 0.4) is 0 Å². The minimum atomic E-state index is 0.00601. The van der Waals surface area contributed by atoms with Gasteiger partial charge in [0.1, 0.15) is 0 Å². The topological polar surface area (TPSA) is 45.2 Å². The second-order valence-electron chi connectivity index (χ2n) is 6.85. The van der Waals surface area contributed by atoms with Crippen molar-refractivity contribution in [1.82, 2.24) is 15.2 Å². The molecule has 0 radical (unpaired) electrons. The van der Waals surface area contributed by atoms with E-state index in [4.69, 9.17) is 0 Å². The minimum absolute atomic E-state index is 0.00601. The molecular weight excluding hydrogens is 274 g/mol. The SMILES string of the molecule is CC(NC(=O)N(CC1CC1)C1CCCCC1)c1cccnc1. The van der Waals surface area contributed by atoms with Crippen LogP contribution < -0.4 is 5.32 Å². The molecule has 1 aromatic rings. The van der Waals surface area contributed by atoms with E-state index in [1.54, 1.807) is 6.20 Å². The molecule has 2 fully saturated rings. The first-order chi connectivity index (χ1) is 10.7. The summed E-state index contributed by atoms with van der Waals surface area (Å²) in [5.41, 5.74) is 1.06. The number of amides is 2. The fraction of sp³-hybridized carbons (Fsp3) is 0.667. The van der Waals surface area contributed by atoms with E-state index in [0.29, 0.717) is 6.04 Å². The molecule has 22 heavy (non-hydrogen) atoms. The molecule has 0 spiro atoms. The molecule has 4 nitrogen and oxygen atoms in total. The first-order valence-electron chi connectivity index (χ1n) is 8.71. The molecule has 2 saturated carbocycles. The van der Waals surface area contributed by atoms with E-state index in [2.05, 4.69) is 15.2 Å². The van der Waals surface area contributed by atoms with Crippen LogP contribution in [0.15, 0.2) is 24.5 Å². The lowest BCUT2D eigenvalue weighted by Crippen LogP contribution is -2.48. The summed E-state index contributed by atoms with van der Waals surface area (Å²) in [7, 11) is 0. The third-order valence-corrected chi connectivity index (χ3v) is 4.95. The highest BCUT2D eigenvalue weighted by atomic mass is 16.2. The highest BCUT2D eigenvalue weighted by Crippen LogP contribution is 2.32. The predicted molar refractivity (Wildman–Crippen MR) is 87.5 cm³/mol. The molecule has 2 aliphatic carbocycles. The Kier molecular flexibility index (Phi) is 4.96. The maximum atomic E-state index is 12.8. The summed E-state index contributed by atoms with van der Waals surface area (Å²) in [6, 6.07) is 4.49. The summed E-state index contributed by atoms with van der Waals surface area (Å²) >= 11 is 0. The zero-order chi connectivity index (χ0) is 15.4. The van der Waals surface area contributed by atoms with Crippen molar-refractivity contribution in [3.05, 3.63) is 30.1 Å². The molecule has 2 aliphatic rings. The second kappa shape index (κ2) is 7.12.